The Balaban J connectivity index is 1.57. The first-order valence-electron chi connectivity index (χ1n) is 12.2. The predicted octanol–water partition coefficient (Wildman–Crippen LogP) is 7.34. The van der Waals surface area contributed by atoms with Crippen molar-refractivity contribution in [2.45, 2.75) is 0 Å². The maximum atomic E-state index is 5.11. The molecule has 0 atom stereocenters. The molecule has 0 saturated carbocycles. The van der Waals surface area contributed by atoms with E-state index in [9.17, 15) is 0 Å². The minimum Gasteiger partial charge on any atom is -0.232 e. The summed E-state index contributed by atoms with van der Waals surface area (Å²) in [6.07, 6.45) is 0. The lowest BCUT2D eigenvalue weighted by molar-refractivity contribution is 1.01. The number of pyridine rings is 1. The summed E-state index contributed by atoms with van der Waals surface area (Å²) in [4.78, 5) is 14.9. The third-order valence-corrected chi connectivity index (χ3v) is 6.48. The van der Waals surface area contributed by atoms with Crippen LogP contribution < -0.4 is 0 Å². The van der Waals surface area contributed by atoms with E-state index in [0.29, 0.717) is 17.5 Å². The smallest absolute Gasteiger partial charge is 0.168 e. The Morgan fingerprint density at radius 2 is 0.919 bits per heavy atom. The Morgan fingerprint density at radius 1 is 0.405 bits per heavy atom. The lowest BCUT2D eigenvalue weighted by Gasteiger charge is -2.09. The van der Waals surface area contributed by atoms with Gasteiger partial charge >= 0.3 is 0 Å². The van der Waals surface area contributed by atoms with Gasteiger partial charge in [0.05, 0.1) is 16.6 Å². The molecular weight excluding hydrogens is 454 g/mol. The van der Waals surface area contributed by atoms with Gasteiger partial charge in [0.15, 0.2) is 17.5 Å². The molecule has 0 aliphatic carbocycles. The molecule has 0 radical (unpaired) electrons. The summed E-state index contributed by atoms with van der Waals surface area (Å²) in [6.45, 7) is 0. The van der Waals surface area contributed by atoms with Gasteiger partial charge < -0.3 is 0 Å². The Labute approximate surface area is 213 Å². The van der Waals surface area contributed by atoms with Crippen LogP contribution in [-0.2, 0) is 0 Å². The van der Waals surface area contributed by atoms with E-state index in [0.717, 1.165) is 44.4 Å². The van der Waals surface area contributed by atoms with Crippen LogP contribution in [0.4, 0.5) is 0 Å². The van der Waals surface area contributed by atoms with E-state index in [-0.39, 0.29) is 0 Å². The molecule has 0 amide bonds. The Kier molecular flexibility index (Phi) is 5.03. The van der Waals surface area contributed by atoms with Crippen molar-refractivity contribution < 1.29 is 0 Å². The molecular formula is C32H21N5. The van der Waals surface area contributed by atoms with Crippen molar-refractivity contribution in [3.63, 3.8) is 0 Å². The second kappa shape index (κ2) is 8.81. The first kappa shape index (κ1) is 21.1. The average molecular weight is 476 g/mol. The highest BCUT2D eigenvalue weighted by atomic mass is 15.2. The highest BCUT2D eigenvalue weighted by molar-refractivity contribution is 5.94. The first-order valence-corrected chi connectivity index (χ1v) is 12.2. The molecule has 0 N–H and O–H groups in total. The van der Waals surface area contributed by atoms with Gasteiger partial charge in [-0.05, 0) is 12.1 Å². The summed E-state index contributed by atoms with van der Waals surface area (Å²) < 4.78 is 2.00. The van der Waals surface area contributed by atoms with Crippen LogP contribution in [0.1, 0.15) is 0 Å². The van der Waals surface area contributed by atoms with Crippen LogP contribution in [0.3, 0.4) is 0 Å². The summed E-state index contributed by atoms with van der Waals surface area (Å²) >= 11 is 0. The zero-order valence-corrected chi connectivity index (χ0v) is 19.9. The topological polar surface area (TPSA) is 56.0 Å². The average Bonchev–Trinajstić information content (AvgIpc) is 3.39. The molecule has 0 aliphatic heterocycles. The van der Waals surface area contributed by atoms with Crippen molar-refractivity contribution in [3.05, 3.63) is 127 Å². The Bertz CT molecular complexity index is 1800. The molecule has 4 aromatic carbocycles. The van der Waals surface area contributed by atoms with Gasteiger partial charge in [-0.15, -0.1) is 0 Å². The van der Waals surface area contributed by atoms with Crippen LogP contribution in [0.5, 0.6) is 0 Å². The van der Waals surface area contributed by atoms with Gasteiger partial charge in [0, 0.05) is 22.1 Å². The van der Waals surface area contributed by atoms with Crippen molar-refractivity contribution in [1.82, 2.24) is 24.6 Å². The molecule has 0 unspecified atom stereocenters. The molecule has 0 spiro atoms. The number of fused-ring (bicyclic) bond motifs is 3. The zero-order valence-electron chi connectivity index (χ0n) is 19.9. The fraction of sp³-hybridized carbons (Fsp3) is 0. The van der Waals surface area contributed by atoms with Crippen molar-refractivity contribution in [2.24, 2.45) is 0 Å². The number of hydrogen-bond donors (Lipinski definition) is 0. The second-order valence-corrected chi connectivity index (χ2v) is 8.82. The van der Waals surface area contributed by atoms with Gasteiger partial charge in [-0.25, -0.2) is 19.5 Å². The maximum absolute atomic E-state index is 5.11. The summed E-state index contributed by atoms with van der Waals surface area (Å²) in [5, 5.41) is 6.23. The number of nitrogens with zero attached hydrogens (tertiary/aromatic N) is 5. The van der Waals surface area contributed by atoms with Crippen LogP contribution in [0.15, 0.2) is 127 Å². The lowest BCUT2D eigenvalue weighted by atomic mass is 10.1. The van der Waals surface area contributed by atoms with E-state index >= 15 is 0 Å². The lowest BCUT2D eigenvalue weighted by Crippen LogP contribution is -2.00. The SMILES string of the molecule is c1ccc(-c2nc(-c3ccccc3)nc(-c3c(-c4ccccc4)nn4c3ccc3ccccc34)n2)cc1. The van der Waals surface area contributed by atoms with Crippen LogP contribution in [-0.4, -0.2) is 24.6 Å². The molecule has 7 aromatic rings. The van der Waals surface area contributed by atoms with E-state index in [1.165, 1.54) is 0 Å². The van der Waals surface area contributed by atoms with Gasteiger partial charge in [0.1, 0.15) is 5.69 Å². The van der Waals surface area contributed by atoms with E-state index in [1.54, 1.807) is 0 Å². The maximum Gasteiger partial charge on any atom is 0.168 e. The van der Waals surface area contributed by atoms with Crippen LogP contribution in [0.25, 0.3) is 61.8 Å². The fourth-order valence-corrected chi connectivity index (χ4v) is 4.70. The highest BCUT2D eigenvalue weighted by Gasteiger charge is 2.22. The molecule has 37 heavy (non-hydrogen) atoms. The number of aromatic nitrogens is 5. The normalized spacial score (nSPS) is 11.2. The molecule has 7 rings (SSSR count). The first-order chi connectivity index (χ1) is 18.3. The van der Waals surface area contributed by atoms with Crippen LogP contribution >= 0.6 is 0 Å². The highest BCUT2D eigenvalue weighted by Crippen LogP contribution is 2.36. The third kappa shape index (κ3) is 3.74. The van der Waals surface area contributed by atoms with E-state index < -0.39 is 0 Å². The summed E-state index contributed by atoms with van der Waals surface area (Å²) in [5.74, 6) is 1.85. The largest absolute Gasteiger partial charge is 0.232 e. The number of benzene rings is 4. The minimum absolute atomic E-state index is 0.594. The Hall–Kier alpha value is -5.16. The third-order valence-electron chi connectivity index (χ3n) is 6.48. The molecule has 0 bridgehead atoms. The van der Waals surface area contributed by atoms with E-state index in [4.69, 9.17) is 20.1 Å². The monoisotopic (exact) mass is 475 g/mol. The number of rotatable bonds is 4. The fourth-order valence-electron chi connectivity index (χ4n) is 4.70. The van der Waals surface area contributed by atoms with Gasteiger partial charge in [-0.1, -0.05) is 115 Å². The van der Waals surface area contributed by atoms with Crippen molar-refractivity contribution in [3.8, 4) is 45.4 Å². The predicted molar refractivity (Wildman–Crippen MR) is 148 cm³/mol. The quantitative estimate of drug-likeness (QED) is 0.267. The van der Waals surface area contributed by atoms with Crippen molar-refractivity contribution in [1.29, 1.82) is 0 Å². The minimum atomic E-state index is 0.594. The number of para-hydroxylation sites is 1. The summed E-state index contributed by atoms with van der Waals surface area (Å²) in [6, 6.07) is 42.8. The zero-order chi connectivity index (χ0) is 24.6. The molecule has 174 valence electrons. The molecule has 5 nitrogen and oxygen atoms in total. The van der Waals surface area contributed by atoms with Crippen LogP contribution in [0.2, 0.25) is 0 Å². The van der Waals surface area contributed by atoms with Gasteiger partial charge in [-0.2, -0.15) is 5.10 Å². The van der Waals surface area contributed by atoms with E-state index in [2.05, 4.69) is 36.4 Å². The number of hydrogen-bond acceptors (Lipinski definition) is 4. The molecule has 0 aliphatic rings. The van der Waals surface area contributed by atoms with Gasteiger partial charge in [0.25, 0.3) is 0 Å². The molecule has 3 aromatic heterocycles. The van der Waals surface area contributed by atoms with Crippen LogP contribution in [0, 0.1) is 0 Å². The summed E-state index contributed by atoms with van der Waals surface area (Å²) in [5.41, 5.74) is 6.58. The summed E-state index contributed by atoms with van der Waals surface area (Å²) in [7, 11) is 0. The molecule has 0 saturated heterocycles. The van der Waals surface area contributed by atoms with Gasteiger partial charge in [0.2, 0.25) is 0 Å². The van der Waals surface area contributed by atoms with Gasteiger partial charge in [-0.3, -0.25) is 0 Å². The van der Waals surface area contributed by atoms with E-state index in [1.807, 2.05) is 95.5 Å². The molecule has 0 fully saturated rings. The standard InChI is InChI=1S/C32H21N5/c1-4-13-23(14-5-1)29-28(27-21-20-22-12-10-11-19-26(22)37(27)36-29)32-34-30(24-15-6-2-7-16-24)33-31(35-32)25-17-8-3-9-18-25/h1-21H. The Morgan fingerprint density at radius 3 is 1.54 bits per heavy atom. The van der Waals surface area contributed by atoms with Crippen molar-refractivity contribution in [2.75, 3.05) is 0 Å². The second-order valence-electron chi connectivity index (χ2n) is 8.82. The molecule has 5 heteroatoms. The van der Waals surface area contributed by atoms with Crippen molar-refractivity contribution >= 4 is 16.4 Å². The molecule has 3 heterocycles.